The summed E-state index contributed by atoms with van der Waals surface area (Å²) in [5.41, 5.74) is 2.00. The van der Waals surface area contributed by atoms with E-state index in [-0.39, 0.29) is 29.7 Å². The summed E-state index contributed by atoms with van der Waals surface area (Å²) in [7, 11) is -2.69. The Labute approximate surface area is 274 Å². The molecular formula is C35H38BrN3O5S. The fraction of sp³-hybridized carbons (Fsp3) is 0.257. The van der Waals surface area contributed by atoms with Crippen LogP contribution < -0.4 is 14.4 Å². The Morgan fingerprint density at radius 3 is 2.00 bits per heavy atom. The maximum absolute atomic E-state index is 14.5. The summed E-state index contributed by atoms with van der Waals surface area (Å²) in [6.07, 6.45) is 0.254. The molecular weight excluding hydrogens is 654 g/mol. The smallest absolute Gasteiger partial charge is 0.264 e. The van der Waals surface area contributed by atoms with Crippen molar-refractivity contribution in [3.8, 4) is 5.75 Å². The second-order valence-electron chi connectivity index (χ2n) is 11.0. The first kappa shape index (κ1) is 33.7. The number of anilines is 1. The molecule has 236 valence electrons. The van der Waals surface area contributed by atoms with Gasteiger partial charge in [0.25, 0.3) is 10.0 Å². The monoisotopic (exact) mass is 691 g/mol. The largest absolute Gasteiger partial charge is 0.497 e. The lowest BCUT2D eigenvalue weighted by atomic mass is 10.0. The summed E-state index contributed by atoms with van der Waals surface area (Å²) in [6, 6.07) is 30.6. The van der Waals surface area contributed by atoms with Gasteiger partial charge in [-0.1, -0.05) is 90.4 Å². The Bertz CT molecular complexity index is 1650. The average molecular weight is 693 g/mol. The van der Waals surface area contributed by atoms with Crippen molar-refractivity contribution in [1.29, 1.82) is 0 Å². The van der Waals surface area contributed by atoms with Crippen LogP contribution in [0.5, 0.6) is 5.75 Å². The number of benzene rings is 4. The molecule has 1 atom stereocenters. The topological polar surface area (TPSA) is 96.0 Å². The van der Waals surface area contributed by atoms with Crippen LogP contribution in [0.2, 0.25) is 0 Å². The highest BCUT2D eigenvalue weighted by Gasteiger charge is 2.34. The number of carbonyl (C=O) groups is 2. The number of methoxy groups -OCH3 is 1. The van der Waals surface area contributed by atoms with Crippen molar-refractivity contribution in [3.05, 3.63) is 125 Å². The van der Waals surface area contributed by atoms with Gasteiger partial charge >= 0.3 is 0 Å². The molecule has 0 spiro atoms. The van der Waals surface area contributed by atoms with Gasteiger partial charge in [0.15, 0.2) is 0 Å². The number of rotatable bonds is 14. The van der Waals surface area contributed by atoms with E-state index >= 15 is 0 Å². The molecule has 0 aromatic heterocycles. The molecule has 0 fully saturated rings. The van der Waals surface area contributed by atoms with Crippen LogP contribution in [0.3, 0.4) is 0 Å². The molecule has 0 radical (unpaired) electrons. The van der Waals surface area contributed by atoms with Gasteiger partial charge in [0.2, 0.25) is 11.8 Å². The molecule has 0 unspecified atom stereocenters. The maximum Gasteiger partial charge on any atom is 0.264 e. The first-order valence-corrected chi connectivity index (χ1v) is 16.9. The van der Waals surface area contributed by atoms with Gasteiger partial charge in [-0.05, 0) is 65.6 Å². The fourth-order valence-electron chi connectivity index (χ4n) is 4.76. The maximum atomic E-state index is 14.5. The second kappa shape index (κ2) is 15.7. The van der Waals surface area contributed by atoms with Crippen molar-refractivity contribution in [2.24, 2.45) is 5.92 Å². The summed E-state index contributed by atoms with van der Waals surface area (Å²) in [6.45, 7) is 4.02. The predicted molar refractivity (Wildman–Crippen MR) is 180 cm³/mol. The Morgan fingerprint density at radius 1 is 0.822 bits per heavy atom. The van der Waals surface area contributed by atoms with E-state index < -0.39 is 28.5 Å². The fourth-order valence-corrected chi connectivity index (χ4v) is 6.44. The van der Waals surface area contributed by atoms with Crippen molar-refractivity contribution in [2.45, 2.75) is 37.8 Å². The molecule has 0 bridgehead atoms. The molecule has 4 aromatic carbocycles. The van der Waals surface area contributed by atoms with Crippen molar-refractivity contribution in [2.75, 3.05) is 24.5 Å². The number of sulfonamides is 1. The van der Waals surface area contributed by atoms with Gasteiger partial charge in [-0.3, -0.25) is 13.9 Å². The van der Waals surface area contributed by atoms with Gasteiger partial charge in [-0.15, -0.1) is 0 Å². The molecule has 0 aliphatic carbocycles. The number of amides is 2. The molecule has 0 saturated heterocycles. The first-order chi connectivity index (χ1) is 21.6. The van der Waals surface area contributed by atoms with Crippen molar-refractivity contribution >= 4 is 43.5 Å². The zero-order chi connectivity index (χ0) is 32.4. The van der Waals surface area contributed by atoms with Gasteiger partial charge in [-0.25, -0.2) is 8.42 Å². The number of halogens is 1. The van der Waals surface area contributed by atoms with Crippen molar-refractivity contribution < 1.29 is 22.7 Å². The third kappa shape index (κ3) is 9.18. The minimum atomic E-state index is -4.19. The van der Waals surface area contributed by atoms with E-state index in [2.05, 4.69) is 21.2 Å². The number of para-hydroxylation sites is 1. The lowest BCUT2D eigenvalue weighted by Crippen LogP contribution is -2.53. The lowest BCUT2D eigenvalue weighted by molar-refractivity contribution is -0.140. The Hall–Kier alpha value is -4.15. The van der Waals surface area contributed by atoms with E-state index in [4.69, 9.17) is 4.74 Å². The van der Waals surface area contributed by atoms with E-state index in [1.54, 1.807) is 42.5 Å². The summed E-state index contributed by atoms with van der Waals surface area (Å²) >= 11 is 3.46. The molecule has 0 aliphatic rings. The SMILES string of the molecule is COc1ccc(S(=O)(=O)N(CC(=O)N(Cc2ccc(Br)cc2)[C@@H](Cc2ccccc2)C(=O)NCC(C)C)c2ccccc2)cc1. The number of hydrogen-bond donors (Lipinski definition) is 1. The zero-order valence-corrected chi connectivity index (χ0v) is 28.0. The molecule has 4 aromatic rings. The van der Waals surface area contributed by atoms with E-state index in [9.17, 15) is 18.0 Å². The highest BCUT2D eigenvalue weighted by molar-refractivity contribution is 9.10. The van der Waals surface area contributed by atoms with E-state index in [0.717, 1.165) is 19.9 Å². The predicted octanol–water partition coefficient (Wildman–Crippen LogP) is 6.07. The Kier molecular flexibility index (Phi) is 11.8. The second-order valence-corrected chi connectivity index (χ2v) is 13.8. The number of carbonyl (C=O) groups excluding carboxylic acids is 2. The van der Waals surface area contributed by atoms with Gasteiger partial charge in [0, 0.05) is 24.0 Å². The third-order valence-electron chi connectivity index (χ3n) is 7.19. The van der Waals surface area contributed by atoms with E-state index in [1.807, 2.05) is 68.4 Å². The van der Waals surface area contributed by atoms with Gasteiger partial charge in [0.05, 0.1) is 17.7 Å². The molecule has 45 heavy (non-hydrogen) atoms. The number of hydrogen-bond acceptors (Lipinski definition) is 5. The van der Waals surface area contributed by atoms with Crippen LogP contribution in [-0.2, 0) is 32.6 Å². The molecule has 0 heterocycles. The minimum absolute atomic E-state index is 0.00919. The van der Waals surface area contributed by atoms with Crippen LogP contribution in [0.1, 0.15) is 25.0 Å². The van der Waals surface area contributed by atoms with E-state index in [1.165, 1.54) is 24.1 Å². The normalized spacial score (nSPS) is 11.9. The first-order valence-electron chi connectivity index (χ1n) is 14.7. The number of ether oxygens (including phenoxy) is 1. The zero-order valence-electron chi connectivity index (χ0n) is 25.6. The van der Waals surface area contributed by atoms with Crippen LogP contribution in [0.25, 0.3) is 0 Å². The summed E-state index contributed by atoms with van der Waals surface area (Å²) in [4.78, 5) is 29.8. The highest BCUT2D eigenvalue weighted by Crippen LogP contribution is 2.26. The average Bonchev–Trinajstić information content (AvgIpc) is 3.05. The van der Waals surface area contributed by atoms with Crippen molar-refractivity contribution in [3.63, 3.8) is 0 Å². The van der Waals surface area contributed by atoms with Crippen LogP contribution in [0, 0.1) is 5.92 Å². The van der Waals surface area contributed by atoms with Crippen molar-refractivity contribution in [1.82, 2.24) is 10.2 Å². The van der Waals surface area contributed by atoms with Crippen LogP contribution in [0.4, 0.5) is 5.69 Å². The van der Waals surface area contributed by atoms with Crippen LogP contribution in [-0.4, -0.2) is 51.4 Å². The summed E-state index contributed by atoms with van der Waals surface area (Å²) in [5.74, 6) is -0.111. The Morgan fingerprint density at radius 2 is 1.42 bits per heavy atom. The third-order valence-corrected chi connectivity index (χ3v) is 9.51. The summed E-state index contributed by atoms with van der Waals surface area (Å²) < 4.78 is 35.4. The quantitative estimate of drug-likeness (QED) is 0.173. The van der Waals surface area contributed by atoms with E-state index in [0.29, 0.717) is 18.0 Å². The lowest BCUT2D eigenvalue weighted by Gasteiger charge is -2.34. The van der Waals surface area contributed by atoms with Crippen LogP contribution in [0.15, 0.2) is 119 Å². The Balaban J connectivity index is 1.77. The van der Waals surface area contributed by atoms with Gasteiger partial charge in [-0.2, -0.15) is 0 Å². The molecule has 10 heteroatoms. The molecule has 2 amide bonds. The standard InChI is InChI=1S/C35H38BrN3O5S/c1-26(2)23-37-35(41)33(22-27-10-6-4-7-11-27)38(24-28-14-16-29(36)17-15-28)34(40)25-39(30-12-8-5-9-13-30)45(42,43)32-20-18-31(44-3)19-21-32/h4-21,26,33H,22-25H2,1-3H3,(H,37,41)/t33-/m0/s1. The highest BCUT2D eigenvalue weighted by atomic mass is 79.9. The summed E-state index contributed by atoms with van der Waals surface area (Å²) in [5, 5.41) is 3.00. The number of nitrogens with one attached hydrogen (secondary N) is 1. The van der Waals surface area contributed by atoms with Gasteiger partial charge in [0.1, 0.15) is 18.3 Å². The molecule has 4 rings (SSSR count). The molecule has 0 aliphatic heterocycles. The molecule has 8 nitrogen and oxygen atoms in total. The minimum Gasteiger partial charge on any atom is -0.497 e. The number of nitrogens with zero attached hydrogens (tertiary/aromatic N) is 2. The van der Waals surface area contributed by atoms with Crippen LogP contribution >= 0.6 is 15.9 Å². The van der Waals surface area contributed by atoms with Gasteiger partial charge < -0.3 is 15.0 Å². The molecule has 1 N–H and O–H groups in total. The molecule has 0 saturated carbocycles.